The summed E-state index contributed by atoms with van der Waals surface area (Å²) >= 11 is 0. The molecule has 0 aliphatic carbocycles. The van der Waals surface area contributed by atoms with Crippen molar-refractivity contribution in [3.63, 3.8) is 0 Å². The van der Waals surface area contributed by atoms with E-state index in [0.717, 1.165) is 0 Å². The minimum atomic E-state index is 0.499. The first-order chi connectivity index (χ1) is 5.36. The number of nitrogens with one attached hydrogen (secondary N) is 1. The van der Waals surface area contributed by atoms with Gasteiger partial charge in [0.05, 0.1) is 0 Å². The first-order valence-corrected chi connectivity index (χ1v) is 2.99. The van der Waals surface area contributed by atoms with Crippen molar-refractivity contribution in [1.82, 2.24) is 4.98 Å². The van der Waals surface area contributed by atoms with E-state index in [9.17, 15) is 4.79 Å². The van der Waals surface area contributed by atoms with Crippen LogP contribution in [0.4, 0.5) is 5.82 Å². The minimum Gasteiger partial charge on any atom is -0.313 e. The summed E-state index contributed by atoms with van der Waals surface area (Å²) in [5, 5.41) is 2.40. The van der Waals surface area contributed by atoms with Gasteiger partial charge in [0.1, 0.15) is 5.82 Å². The fourth-order valence-corrected chi connectivity index (χ4v) is 0.625. The Balaban J connectivity index is 2.84. The highest BCUT2D eigenvalue weighted by molar-refractivity contribution is 5.68. The Hall–Kier alpha value is -1.82. The Labute approximate surface area is 64.5 Å². The molecule has 0 saturated carbocycles. The summed E-state index contributed by atoms with van der Waals surface area (Å²) in [6.45, 7) is 0. The number of rotatable bonds is 2. The summed E-state index contributed by atoms with van der Waals surface area (Å²) in [7, 11) is 0. The average Bonchev–Trinajstić information content (AvgIpc) is 2.07. The molecule has 1 aromatic rings. The lowest BCUT2D eigenvalue weighted by molar-refractivity contribution is -0.105. The van der Waals surface area contributed by atoms with Gasteiger partial charge < -0.3 is 5.32 Å². The Morgan fingerprint density at radius 2 is 2.45 bits per heavy atom. The average molecular weight is 146 g/mol. The van der Waals surface area contributed by atoms with Crippen molar-refractivity contribution >= 4 is 12.2 Å². The number of nitrogens with zero attached hydrogens (tertiary/aromatic N) is 1. The molecule has 0 fully saturated rings. The summed E-state index contributed by atoms with van der Waals surface area (Å²) < 4.78 is 0. The van der Waals surface area contributed by atoms with E-state index in [4.69, 9.17) is 6.42 Å². The van der Waals surface area contributed by atoms with Gasteiger partial charge >= 0.3 is 0 Å². The van der Waals surface area contributed by atoms with Gasteiger partial charge in [-0.15, -0.1) is 6.42 Å². The molecule has 0 unspecified atom stereocenters. The third-order valence-corrected chi connectivity index (χ3v) is 1.14. The van der Waals surface area contributed by atoms with Crippen molar-refractivity contribution in [3.8, 4) is 12.3 Å². The highest BCUT2D eigenvalue weighted by Gasteiger charge is 1.89. The molecule has 1 aromatic heterocycles. The number of carbonyl (C=O) groups is 1. The lowest BCUT2D eigenvalue weighted by atomic mass is 10.3. The molecule has 0 spiro atoms. The van der Waals surface area contributed by atoms with Crippen molar-refractivity contribution in [3.05, 3.63) is 23.9 Å². The number of amides is 1. The maximum Gasteiger partial charge on any atom is 0.212 e. The number of pyridine rings is 1. The van der Waals surface area contributed by atoms with Gasteiger partial charge in [0.2, 0.25) is 6.41 Å². The van der Waals surface area contributed by atoms with Crippen LogP contribution in [0.25, 0.3) is 0 Å². The third-order valence-electron chi connectivity index (χ3n) is 1.14. The molecular weight excluding hydrogens is 140 g/mol. The standard InChI is InChI=1S/C8H6N2O/c1-2-7-3-4-8(9-5-7)10-6-11/h1,3-6H,(H,9,10,11). The van der Waals surface area contributed by atoms with E-state index in [1.54, 1.807) is 12.1 Å². The summed E-state index contributed by atoms with van der Waals surface area (Å²) in [5.74, 6) is 2.92. The normalized spacial score (nSPS) is 8.27. The lowest BCUT2D eigenvalue weighted by Crippen LogP contribution is -1.95. The predicted molar refractivity (Wildman–Crippen MR) is 41.9 cm³/mol. The summed E-state index contributed by atoms with van der Waals surface area (Å²) in [5.41, 5.74) is 0.696. The van der Waals surface area contributed by atoms with Crippen LogP contribution in [0.5, 0.6) is 0 Å². The second kappa shape index (κ2) is 3.37. The van der Waals surface area contributed by atoms with E-state index in [-0.39, 0.29) is 0 Å². The molecule has 11 heavy (non-hydrogen) atoms. The molecule has 1 rings (SSSR count). The number of hydrogen-bond donors (Lipinski definition) is 1. The maximum atomic E-state index is 9.94. The van der Waals surface area contributed by atoms with Crippen LogP contribution in [-0.4, -0.2) is 11.4 Å². The summed E-state index contributed by atoms with van der Waals surface area (Å²) in [6, 6.07) is 3.35. The van der Waals surface area contributed by atoms with Crippen LogP contribution < -0.4 is 5.32 Å². The van der Waals surface area contributed by atoms with Crippen LogP contribution in [0.15, 0.2) is 18.3 Å². The molecular formula is C8H6N2O. The largest absolute Gasteiger partial charge is 0.313 e. The van der Waals surface area contributed by atoms with E-state index >= 15 is 0 Å². The zero-order valence-electron chi connectivity index (χ0n) is 5.74. The SMILES string of the molecule is C#Cc1ccc(NC=O)nc1. The smallest absolute Gasteiger partial charge is 0.212 e. The van der Waals surface area contributed by atoms with Crippen molar-refractivity contribution in [2.45, 2.75) is 0 Å². The highest BCUT2D eigenvalue weighted by Crippen LogP contribution is 2.01. The molecule has 0 aliphatic heterocycles. The predicted octanol–water partition coefficient (Wildman–Crippen LogP) is 0.631. The van der Waals surface area contributed by atoms with Gasteiger partial charge in [-0.2, -0.15) is 0 Å². The Morgan fingerprint density at radius 1 is 1.64 bits per heavy atom. The van der Waals surface area contributed by atoms with E-state index in [1.807, 2.05) is 0 Å². The van der Waals surface area contributed by atoms with E-state index in [0.29, 0.717) is 17.8 Å². The van der Waals surface area contributed by atoms with Gasteiger partial charge in [0.25, 0.3) is 0 Å². The Bertz CT molecular complexity index is 284. The molecule has 0 atom stereocenters. The molecule has 3 heteroatoms. The lowest BCUT2D eigenvalue weighted by Gasteiger charge is -1.95. The van der Waals surface area contributed by atoms with Crippen LogP contribution in [0.1, 0.15) is 5.56 Å². The van der Waals surface area contributed by atoms with Gasteiger partial charge in [-0.1, -0.05) is 5.92 Å². The number of hydrogen-bond acceptors (Lipinski definition) is 2. The van der Waals surface area contributed by atoms with Gasteiger partial charge in [-0.05, 0) is 12.1 Å². The van der Waals surface area contributed by atoms with Gasteiger partial charge in [-0.25, -0.2) is 4.98 Å². The zero-order valence-corrected chi connectivity index (χ0v) is 5.74. The van der Waals surface area contributed by atoms with Crippen LogP contribution >= 0.6 is 0 Å². The van der Waals surface area contributed by atoms with Crippen molar-refractivity contribution < 1.29 is 4.79 Å². The quantitative estimate of drug-likeness (QED) is 0.491. The van der Waals surface area contributed by atoms with Gasteiger partial charge in [0.15, 0.2) is 0 Å². The second-order valence-electron chi connectivity index (χ2n) is 1.84. The number of anilines is 1. The van der Waals surface area contributed by atoms with Crippen molar-refractivity contribution in [2.75, 3.05) is 5.32 Å². The Morgan fingerprint density at radius 3 is 2.91 bits per heavy atom. The fourth-order valence-electron chi connectivity index (χ4n) is 0.625. The highest BCUT2D eigenvalue weighted by atomic mass is 16.1. The van der Waals surface area contributed by atoms with E-state index in [2.05, 4.69) is 16.2 Å². The van der Waals surface area contributed by atoms with Crippen LogP contribution in [-0.2, 0) is 4.79 Å². The molecule has 0 saturated heterocycles. The molecule has 3 nitrogen and oxygen atoms in total. The fraction of sp³-hybridized carbons (Fsp3) is 0. The van der Waals surface area contributed by atoms with E-state index in [1.165, 1.54) is 6.20 Å². The molecule has 0 bridgehead atoms. The molecule has 1 heterocycles. The van der Waals surface area contributed by atoms with Crippen LogP contribution in [0.2, 0.25) is 0 Å². The van der Waals surface area contributed by atoms with Gasteiger partial charge in [0, 0.05) is 11.8 Å². The molecule has 1 N–H and O–H groups in total. The molecule has 54 valence electrons. The van der Waals surface area contributed by atoms with Crippen LogP contribution in [0.3, 0.4) is 0 Å². The topological polar surface area (TPSA) is 42.0 Å². The third kappa shape index (κ3) is 1.80. The minimum absolute atomic E-state index is 0.499. The molecule has 1 amide bonds. The monoisotopic (exact) mass is 146 g/mol. The second-order valence-corrected chi connectivity index (χ2v) is 1.84. The zero-order chi connectivity index (χ0) is 8.10. The van der Waals surface area contributed by atoms with Gasteiger partial charge in [-0.3, -0.25) is 4.79 Å². The number of aromatic nitrogens is 1. The summed E-state index contributed by atoms with van der Waals surface area (Å²) in [6.07, 6.45) is 7.18. The Kier molecular flexibility index (Phi) is 2.24. The van der Waals surface area contributed by atoms with Crippen molar-refractivity contribution in [1.29, 1.82) is 0 Å². The van der Waals surface area contributed by atoms with Crippen molar-refractivity contribution in [2.24, 2.45) is 0 Å². The first-order valence-electron chi connectivity index (χ1n) is 2.99. The number of carbonyl (C=O) groups excluding carboxylic acids is 1. The van der Waals surface area contributed by atoms with E-state index < -0.39 is 0 Å². The summed E-state index contributed by atoms with van der Waals surface area (Å²) in [4.78, 5) is 13.8. The first kappa shape index (κ1) is 7.29. The number of terminal acetylenes is 1. The molecule has 0 radical (unpaired) electrons. The molecule has 0 aromatic carbocycles. The maximum absolute atomic E-state index is 9.94. The molecule has 0 aliphatic rings. The van der Waals surface area contributed by atoms with Crippen LogP contribution in [0, 0.1) is 12.3 Å².